The molecule has 8 nitrogen and oxygen atoms in total. The summed E-state index contributed by atoms with van der Waals surface area (Å²) >= 11 is 0. The summed E-state index contributed by atoms with van der Waals surface area (Å²) in [5.74, 6) is 0.356. The van der Waals surface area contributed by atoms with Crippen molar-refractivity contribution >= 4 is 27.6 Å². The molecule has 0 fully saturated rings. The third-order valence-electron chi connectivity index (χ3n) is 6.69. The minimum Gasteiger partial charge on any atom is -0.393 e. The molecule has 36 heavy (non-hydrogen) atoms. The van der Waals surface area contributed by atoms with Gasteiger partial charge in [-0.25, -0.2) is 14.6 Å². The molecule has 3 heterocycles. The number of para-hydroxylation sites is 1. The molecule has 1 atom stereocenters. The highest BCUT2D eigenvalue weighted by Gasteiger charge is 2.20. The van der Waals surface area contributed by atoms with Gasteiger partial charge in [-0.05, 0) is 61.8 Å². The Morgan fingerprint density at radius 2 is 1.89 bits per heavy atom. The number of pyridine rings is 1. The molecule has 0 aliphatic heterocycles. The first-order valence-electron chi connectivity index (χ1n) is 12.3. The van der Waals surface area contributed by atoms with Crippen LogP contribution < -0.4 is 11.3 Å². The van der Waals surface area contributed by atoms with Crippen LogP contribution in [0.4, 0.5) is 5.82 Å². The Hall–Kier alpha value is -4.04. The van der Waals surface area contributed by atoms with Crippen LogP contribution >= 0.6 is 0 Å². The van der Waals surface area contributed by atoms with Gasteiger partial charge in [0.2, 0.25) is 0 Å². The lowest BCUT2D eigenvalue weighted by Gasteiger charge is -2.18. The van der Waals surface area contributed by atoms with Crippen LogP contribution in [0.25, 0.3) is 27.5 Å². The number of nitrogens with two attached hydrogens (primary N) is 1. The summed E-state index contributed by atoms with van der Waals surface area (Å²) in [6.07, 6.45) is 2.85. The molecule has 0 unspecified atom stereocenters. The molecular formula is C28H30N6O2. The molecule has 0 aliphatic carbocycles. The van der Waals surface area contributed by atoms with Gasteiger partial charge >= 0.3 is 0 Å². The van der Waals surface area contributed by atoms with Gasteiger partial charge in [-0.1, -0.05) is 43.3 Å². The molecule has 8 heteroatoms. The maximum atomic E-state index is 14.0. The lowest BCUT2D eigenvalue weighted by atomic mass is 10.0. The molecule has 0 saturated carbocycles. The molecule has 0 spiro atoms. The second-order valence-corrected chi connectivity index (χ2v) is 9.25. The number of nitrogens with zero attached hydrogens (tertiary/aromatic N) is 5. The predicted molar refractivity (Wildman–Crippen MR) is 142 cm³/mol. The van der Waals surface area contributed by atoms with Crippen LogP contribution in [0.2, 0.25) is 0 Å². The number of nitrogen functional groups attached to an aromatic ring is 1. The van der Waals surface area contributed by atoms with E-state index in [0.29, 0.717) is 41.6 Å². The SMILES string of the molecule is CCc1ccccc1-n1c(Cn2nc(CC[C@@H](C)O)c3c(N)ncnc32)cc2cccc(C)c2c1=O. The van der Waals surface area contributed by atoms with Crippen molar-refractivity contribution in [2.45, 2.75) is 52.7 Å². The predicted octanol–water partition coefficient (Wildman–Crippen LogP) is 3.95. The number of aromatic nitrogens is 5. The van der Waals surface area contributed by atoms with Crippen molar-refractivity contribution in [1.82, 2.24) is 24.3 Å². The molecule has 184 valence electrons. The summed E-state index contributed by atoms with van der Waals surface area (Å²) in [4.78, 5) is 22.6. The van der Waals surface area contributed by atoms with Crippen molar-refractivity contribution in [3.8, 4) is 5.69 Å². The molecule has 3 aromatic heterocycles. The van der Waals surface area contributed by atoms with E-state index in [4.69, 9.17) is 10.8 Å². The van der Waals surface area contributed by atoms with Gasteiger partial charge < -0.3 is 10.8 Å². The lowest BCUT2D eigenvalue weighted by Crippen LogP contribution is -2.25. The number of fused-ring (bicyclic) bond motifs is 2. The van der Waals surface area contributed by atoms with Gasteiger partial charge in [-0.2, -0.15) is 5.10 Å². The van der Waals surface area contributed by atoms with Crippen molar-refractivity contribution in [1.29, 1.82) is 0 Å². The minimum atomic E-state index is -0.462. The molecule has 0 aliphatic rings. The highest BCUT2D eigenvalue weighted by Crippen LogP contribution is 2.26. The maximum absolute atomic E-state index is 14.0. The first kappa shape index (κ1) is 23.7. The number of hydrogen-bond acceptors (Lipinski definition) is 6. The topological polar surface area (TPSA) is 112 Å². The zero-order chi connectivity index (χ0) is 25.4. The molecule has 5 aromatic rings. The fourth-order valence-corrected chi connectivity index (χ4v) is 4.89. The van der Waals surface area contributed by atoms with Crippen molar-refractivity contribution < 1.29 is 5.11 Å². The zero-order valence-corrected chi connectivity index (χ0v) is 20.8. The third kappa shape index (κ3) is 4.13. The van der Waals surface area contributed by atoms with E-state index < -0.39 is 6.10 Å². The first-order chi connectivity index (χ1) is 17.4. The first-order valence-corrected chi connectivity index (χ1v) is 12.3. The van der Waals surface area contributed by atoms with Crippen LogP contribution in [-0.4, -0.2) is 35.5 Å². The van der Waals surface area contributed by atoms with E-state index in [1.165, 1.54) is 6.33 Å². The van der Waals surface area contributed by atoms with Gasteiger partial charge in [0, 0.05) is 5.69 Å². The summed E-state index contributed by atoms with van der Waals surface area (Å²) < 4.78 is 3.59. The average molecular weight is 483 g/mol. The van der Waals surface area contributed by atoms with Crippen molar-refractivity contribution in [2.24, 2.45) is 0 Å². The number of rotatable bonds is 7. The maximum Gasteiger partial charge on any atom is 0.263 e. The van der Waals surface area contributed by atoms with E-state index in [-0.39, 0.29) is 5.56 Å². The Labute approximate surface area is 209 Å². The lowest BCUT2D eigenvalue weighted by molar-refractivity contribution is 0.184. The number of aryl methyl sites for hydroxylation is 3. The fourth-order valence-electron chi connectivity index (χ4n) is 4.89. The summed E-state index contributed by atoms with van der Waals surface area (Å²) in [6.45, 7) is 6.12. The Bertz CT molecular complexity index is 1630. The molecule has 0 saturated heterocycles. The number of aliphatic hydroxyl groups is 1. The average Bonchev–Trinajstić information content (AvgIpc) is 3.21. The van der Waals surface area contributed by atoms with Gasteiger partial charge in [0.15, 0.2) is 5.65 Å². The third-order valence-corrected chi connectivity index (χ3v) is 6.69. The molecular weight excluding hydrogens is 452 g/mol. The smallest absolute Gasteiger partial charge is 0.263 e. The molecule has 2 aromatic carbocycles. The van der Waals surface area contributed by atoms with E-state index in [1.54, 1.807) is 11.6 Å². The quantitative estimate of drug-likeness (QED) is 0.363. The van der Waals surface area contributed by atoms with Gasteiger partial charge in [0.25, 0.3) is 5.56 Å². The molecule has 0 amide bonds. The Morgan fingerprint density at radius 3 is 2.67 bits per heavy atom. The second kappa shape index (κ2) is 9.54. The standard InChI is InChI=1S/C28H30N6O2/c1-4-19-9-5-6-11-23(19)34-21(14-20-10-7-8-17(2)24(20)28(34)36)15-33-27-25(26(29)30-16-31-27)22(32-33)13-12-18(3)35/h5-11,14,16,18,35H,4,12-13,15H2,1-3H3,(H2,29,30,31)/t18-/m1/s1. The van der Waals surface area contributed by atoms with Crippen LogP contribution in [0.15, 0.2) is 59.7 Å². The van der Waals surface area contributed by atoms with Gasteiger partial charge in [-0.15, -0.1) is 0 Å². The number of aliphatic hydroxyl groups excluding tert-OH is 1. The van der Waals surface area contributed by atoms with Gasteiger partial charge in [-0.3, -0.25) is 9.36 Å². The van der Waals surface area contributed by atoms with Crippen LogP contribution in [0.5, 0.6) is 0 Å². The summed E-state index contributed by atoms with van der Waals surface area (Å²) in [6, 6.07) is 16.0. The van der Waals surface area contributed by atoms with Crippen LogP contribution in [0.1, 0.15) is 42.8 Å². The van der Waals surface area contributed by atoms with E-state index in [9.17, 15) is 9.90 Å². The Kier molecular flexibility index (Phi) is 6.28. The summed E-state index contributed by atoms with van der Waals surface area (Å²) in [5, 5.41) is 16.9. The zero-order valence-electron chi connectivity index (χ0n) is 20.8. The highest BCUT2D eigenvalue weighted by atomic mass is 16.3. The van der Waals surface area contributed by atoms with Gasteiger partial charge in [0.05, 0.1) is 34.8 Å². The summed E-state index contributed by atoms with van der Waals surface area (Å²) in [5.41, 5.74) is 11.2. The van der Waals surface area contributed by atoms with Crippen molar-refractivity contribution in [3.05, 3.63) is 87.7 Å². The van der Waals surface area contributed by atoms with Crippen LogP contribution in [0, 0.1) is 6.92 Å². The molecule has 0 bridgehead atoms. The number of anilines is 1. The molecule has 3 N–H and O–H groups in total. The Morgan fingerprint density at radius 1 is 1.08 bits per heavy atom. The van der Waals surface area contributed by atoms with E-state index in [0.717, 1.165) is 40.0 Å². The van der Waals surface area contributed by atoms with Crippen molar-refractivity contribution in [2.75, 3.05) is 5.73 Å². The number of hydrogen-bond donors (Lipinski definition) is 2. The monoisotopic (exact) mass is 482 g/mol. The summed E-state index contributed by atoms with van der Waals surface area (Å²) in [7, 11) is 0. The Balaban J connectivity index is 1.75. The molecule has 5 rings (SSSR count). The minimum absolute atomic E-state index is 0.0542. The molecule has 0 radical (unpaired) electrons. The van der Waals surface area contributed by atoms with E-state index in [2.05, 4.69) is 29.0 Å². The van der Waals surface area contributed by atoms with Crippen LogP contribution in [-0.2, 0) is 19.4 Å². The largest absolute Gasteiger partial charge is 0.393 e. The van der Waals surface area contributed by atoms with E-state index in [1.807, 2.05) is 47.9 Å². The van der Waals surface area contributed by atoms with Crippen LogP contribution in [0.3, 0.4) is 0 Å². The normalized spacial score (nSPS) is 12.4. The van der Waals surface area contributed by atoms with Gasteiger partial charge in [0.1, 0.15) is 12.1 Å². The van der Waals surface area contributed by atoms with E-state index >= 15 is 0 Å². The second-order valence-electron chi connectivity index (χ2n) is 9.25. The fraction of sp³-hybridized carbons (Fsp3) is 0.286. The highest BCUT2D eigenvalue weighted by molar-refractivity contribution is 5.88. The van der Waals surface area contributed by atoms with Crippen molar-refractivity contribution in [3.63, 3.8) is 0 Å². The number of benzene rings is 2.